The van der Waals surface area contributed by atoms with Crippen molar-refractivity contribution < 1.29 is 32.5 Å². The first kappa shape index (κ1) is 26.1. The summed E-state index contributed by atoms with van der Waals surface area (Å²) < 4.78 is 55.8. The van der Waals surface area contributed by atoms with Crippen LogP contribution in [0.15, 0.2) is 47.5 Å². The average molecular weight is 493 g/mol. The molecule has 0 saturated heterocycles. The number of nitrogens with zero attached hydrogens (tertiary/aromatic N) is 2. The van der Waals surface area contributed by atoms with Crippen molar-refractivity contribution in [2.75, 3.05) is 20.0 Å². The number of rotatable bonds is 6. The molecule has 0 spiro atoms. The second kappa shape index (κ2) is 10.4. The van der Waals surface area contributed by atoms with Gasteiger partial charge in [0.05, 0.1) is 18.2 Å². The minimum Gasteiger partial charge on any atom is -0.479 e. The monoisotopic (exact) mass is 493 g/mol. The molecular formula is C23H26F3N5O4. The van der Waals surface area contributed by atoms with Crippen molar-refractivity contribution in [3.05, 3.63) is 59.2 Å². The molecule has 0 radical (unpaired) electrons. The number of methoxy groups -OCH3 is 2. The summed E-state index contributed by atoms with van der Waals surface area (Å²) in [4.78, 5) is 4.22. The predicted octanol–water partition coefficient (Wildman–Crippen LogP) is 2.68. The van der Waals surface area contributed by atoms with E-state index in [1.807, 2.05) is 0 Å². The Morgan fingerprint density at radius 1 is 1.29 bits per heavy atom. The molecule has 188 valence electrons. The third-order valence-corrected chi connectivity index (χ3v) is 5.64. The zero-order valence-electron chi connectivity index (χ0n) is 19.3. The maximum Gasteiger partial charge on any atom is 0.416 e. The highest BCUT2D eigenvalue weighted by atomic mass is 19.4. The van der Waals surface area contributed by atoms with Crippen LogP contribution < -0.4 is 21.1 Å². The number of nitrogens with two attached hydrogens (primary N) is 1. The largest absolute Gasteiger partial charge is 0.479 e. The van der Waals surface area contributed by atoms with E-state index in [0.29, 0.717) is 17.0 Å². The number of hydrogen-bond acceptors (Lipinski definition) is 7. The van der Waals surface area contributed by atoms with Gasteiger partial charge in [-0.25, -0.2) is 4.99 Å². The molecule has 1 aliphatic rings. The van der Waals surface area contributed by atoms with Crippen LogP contribution in [0.2, 0.25) is 0 Å². The molecule has 2 aromatic carbocycles. The summed E-state index contributed by atoms with van der Waals surface area (Å²) in [5.74, 6) is 0.316. The molecule has 35 heavy (non-hydrogen) atoms. The fourth-order valence-electron chi connectivity index (χ4n) is 3.95. The van der Waals surface area contributed by atoms with Crippen molar-refractivity contribution in [3.63, 3.8) is 0 Å². The van der Waals surface area contributed by atoms with Gasteiger partial charge >= 0.3 is 6.18 Å². The van der Waals surface area contributed by atoms with Gasteiger partial charge in [-0.2, -0.15) is 18.4 Å². The number of aliphatic imine (C=N–C) groups is 1. The molecule has 0 unspecified atom stereocenters. The molecule has 9 nitrogen and oxygen atoms in total. The number of nitrogens with one attached hydrogen (secondary N) is 2. The molecule has 3 rings (SSSR count). The molecule has 0 aliphatic carbocycles. The highest BCUT2D eigenvalue weighted by Gasteiger charge is 2.52. The number of nitrogen functional groups attached to an aromatic ring is 1. The van der Waals surface area contributed by atoms with Crippen LogP contribution in [0.4, 0.5) is 18.9 Å². The lowest BCUT2D eigenvalue weighted by molar-refractivity contribution is -0.238. The van der Waals surface area contributed by atoms with Gasteiger partial charge in [0.25, 0.3) is 0 Å². The Balaban J connectivity index is 1.96. The Labute approximate surface area is 200 Å². The van der Waals surface area contributed by atoms with Crippen molar-refractivity contribution in [1.29, 1.82) is 5.26 Å². The van der Waals surface area contributed by atoms with Gasteiger partial charge in [0.1, 0.15) is 11.9 Å². The normalized spacial score (nSPS) is 22.2. The number of fused-ring (bicyclic) bond motifs is 1. The van der Waals surface area contributed by atoms with E-state index in [1.165, 1.54) is 26.4 Å². The van der Waals surface area contributed by atoms with Crippen molar-refractivity contribution in [1.82, 2.24) is 10.6 Å². The van der Waals surface area contributed by atoms with E-state index >= 15 is 0 Å². The molecule has 3 atom stereocenters. The fourth-order valence-corrected chi connectivity index (χ4v) is 3.95. The van der Waals surface area contributed by atoms with E-state index in [-0.39, 0.29) is 18.1 Å². The molecule has 0 fully saturated rings. The van der Waals surface area contributed by atoms with E-state index < -0.39 is 35.8 Å². The third-order valence-electron chi connectivity index (χ3n) is 5.64. The SMILES string of the molecule is COC(OC)[C@@]1(C)Oc2ccc(N)cc2[C@H](NC(=NCc2cccc(C(F)(F)F)c2)NC#N)[C@@H]1O. The predicted molar refractivity (Wildman–Crippen MR) is 121 cm³/mol. The van der Waals surface area contributed by atoms with Gasteiger partial charge in [0, 0.05) is 25.5 Å². The quantitative estimate of drug-likeness (QED) is 0.121. The van der Waals surface area contributed by atoms with Gasteiger partial charge in [0.2, 0.25) is 5.96 Å². The first-order valence-electron chi connectivity index (χ1n) is 10.5. The second-order valence-corrected chi connectivity index (χ2v) is 8.05. The summed E-state index contributed by atoms with van der Waals surface area (Å²) in [6.07, 6.45) is -5.02. The van der Waals surface area contributed by atoms with Crippen molar-refractivity contribution in [3.8, 4) is 11.9 Å². The molecule has 0 amide bonds. The number of alkyl halides is 3. The summed E-state index contributed by atoms with van der Waals surface area (Å²) in [7, 11) is 2.80. The van der Waals surface area contributed by atoms with Gasteiger partial charge in [-0.1, -0.05) is 12.1 Å². The Bertz CT molecular complexity index is 1120. The topological polar surface area (TPSA) is 134 Å². The number of anilines is 1. The van der Waals surface area contributed by atoms with E-state index in [4.69, 9.17) is 19.9 Å². The number of aliphatic hydroxyl groups excluding tert-OH is 1. The summed E-state index contributed by atoms with van der Waals surface area (Å²) in [6.45, 7) is 1.43. The van der Waals surface area contributed by atoms with Gasteiger partial charge in [-0.05, 0) is 42.8 Å². The lowest BCUT2D eigenvalue weighted by Crippen LogP contribution is -2.62. The highest BCUT2D eigenvalue weighted by molar-refractivity contribution is 5.82. The first-order chi connectivity index (χ1) is 16.5. The van der Waals surface area contributed by atoms with Crippen LogP contribution >= 0.6 is 0 Å². The minimum atomic E-state index is -4.49. The number of aliphatic hydroxyl groups is 1. The van der Waals surface area contributed by atoms with Crippen LogP contribution in [-0.2, 0) is 22.2 Å². The molecule has 1 heterocycles. The molecule has 5 N–H and O–H groups in total. The smallest absolute Gasteiger partial charge is 0.416 e. The van der Waals surface area contributed by atoms with E-state index in [0.717, 1.165) is 12.1 Å². The summed E-state index contributed by atoms with van der Waals surface area (Å²) >= 11 is 0. The zero-order valence-corrected chi connectivity index (χ0v) is 19.3. The van der Waals surface area contributed by atoms with Crippen LogP contribution in [0.25, 0.3) is 0 Å². The van der Waals surface area contributed by atoms with Crippen molar-refractivity contribution >= 4 is 11.6 Å². The van der Waals surface area contributed by atoms with Crippen LogP contribution in [0, 0.1) is 11.5 Å². The zero-order chi connectivity index (χ0) is 25.8. The van der Waals surface area contributed by atoms with Gasteiger partial charge in [0.15, 0.2) is 18.1 Å². The Morgan fingerprint density at radius 3 is 2.63 bits per heavy atom. The Kier molecular flexibility index (Phi) is 7.74. The molecule has 2 aromatic rings. The average Bonchev–Trinajstić information content (AvgIpc) is 2.81. The molecular weight excluding hydrogens is 467 g/mol. The lowest BCUT2D eigenvalue weighted by atomic mass is 9.84. The molecule has 0 aromatic heterocycles. The van der Waals surface area contributed by atoms with Gasteiger partial charge in [-0.3, -0.25) is 5.32 Å². The van der Waals surface area contributed by atoms with Crippen LogP contribution in [0.3, 0.4) is 0 Å². The summed E-state index contributed by atoms with van der Waals surface area (Å²) in [5.41, 5.74) is 4.91. The Hall–Kier alpha value is -3.53. The molecule has 0 bridgehead atoms. The lowest BCUT2D eigenvalue weighted by Gasteiger charge is -2.46. The molecule has 12 heteroatoms. The van der Waals surface area contributed by atoms with E-state index in [2.05, 4.69) is 15.6 Å². The summed E-state index contributed by atoms with van der Waals surface area (Å²) in [5, 5.41) is 25.8. The van der Waals surface area contributed by atoms with Crippen molar-refractivity contribution in [2.45, 2.75) is 43.7 Å². The van der Waals surface area contributed by atoms with Crippen LogP contribution in [-0.4, -0.2) is 43.3 Å². The van der Waals surface area contributed by atoms with Crippen LogP contribution in [0.5, 0.6) is 5.75 Å². The fraction of sp³-hybridized carbons (Fsp3) is 0.391. The van der Waals surface area contributed by atoms with Gasteiger partial charge in [-0.15, -0.1) is 0 Å². The summed E-state index contributed by atoms with van der Waals surface area (Å²) in [6, 6.07) is 8.65. The molecule has 1 aliphatic heterocycles. The maximum atomic E-state index is 13.0. The van der Waals surface area contributed by atoms with E-state index in [1.54, 1.807) is 31.3 Å². The first-order valence-corrected chi connectivity index (χ1v) is 10.5. The highest BCUT2D eigenvalue weighted by Crippen LogP contribution is 2.43. The van der Waals surface area contributed by atoms with Crippen LogP contribution in [0.1, 0.15) is 29.7 Å². The number of nitriles is 1. The minimum absolute atomic E-state index is 0.0713. The van der Waals surface area contributed by atoms with Crippen molar-refractivity contribution in [2.24, 2.45) is 4.99 Å². The number of halogens is 3. The van der Waals surface area contributed by atoms with E-state index in [9.17, 15) is 23.5 Å². The maximum absolute atomic E-state index is 13.0. The third kappa shape index (κ3) is 5.59. The number of hydrogen-bond donors (Lipinski definition) is 4. The second-order valence-electron chi connectivity index (χ2n) is 8.05. The molecule has 0 saturated carbocycles. The number of benzene rings is 2. The Morgan fingerprint density at radius 2 is 2.00 bits per heavy atom. The number of guanidine groups is 1. The number of ether oxygens (including phenoxy) is 3. The van der Waals surface area contributed by atoms with Gasteiger partial charge < -0.3 is 30.4 Å². The standard InChI is InChI=1S/C23H26F3N5O4/c1-22(20(33-2)34-3)19(32)18(16-10-15(28)7-8-17(16)35-22)31-21(30-12-27)29-11-13-5-4-6-14(9-13)23(24,25)26/h4-10,18-20,32H,11,28H2,1-3H3,(H2,29,30,31)/t18-,19-,22-/m0/s1.